The topological polar surface area (TPSA) is 55.1 Å². The van der Waals surface area contributed by atoms with Crippen LogP contribution < -0.4 is 0 Å². The molecule has 1 heterocycles. The van der Waals surface area contributed by atoms with Gasteiger partial charge >= 0.3 is 5.97 Å². The second-order valence-electron chi connectivity index (χ2n) is 7.42. The maximum atomic E-state index is 15.0. The second-order valence-corrected chi connectivity index (χ2v) is 8.24. The summed E-state index contributed by atoms with van der Waals surface area (Å²) in [5, 5.41) is 9.56. The van der Waals surface area contributed by atoms with Gasteiger partial charge in [0.25, 0.3) is 0 Å². The Balaban J connectivity index is 2.00. The van der Waals surface area contributed by atoms with Crippen LogP contribution >= 0.6 is 23.2 Å². The van der Waals surface area contributed by atoms with Crippen LogP contribution in [0.4, 0.5) is 8.78 Å². The Morgan fingerprint density at radius 2 is 1.87 bits per heavy atom. The summed E-state index contributed by atoms with van der Waals surface area (Å²) in [6.45, 7) is 0. The molecule has 4 rings (SSSR count). The molecule has 1 N–H and O–H groups in total. The van der Waals surface area contributed by atoms with Crippen molar-refractivity contribution >= 4 is 29.2 Å². The molecule has 0 saturated heterocycles. The number of carboxylic acid groups (broad SMARTS) is 1. The number of aromatic carboxylic acids is 1. The van der Waals surface area contributed by atoms with Crippen molar-refractivity contribution in [3.63, 3.8) is 0 Å². The maximum Gasteiger partial charge on any atom is 0.356 e. The van der Waals surface area contributed by atoms with Gasteiger partial charge in [-0.15, -0.1) is 0 Å². The van der Waals surface area contributed by atoms with Crippen molar-refractivity contribution in [1.29, 1.82) is 0 Å². The number of hydrogen-bond donors (Lipinski definition) is 1. The summed E-state index contributed by atoms with van der Waals surface area (Å²) in [6, 6.07) is 8.39. The van der Waals surface area contributed by atoms with E-state index in [1.165, 1.54) is 28.8 Å². The average molecular weight is 451 g/mol. The van der Waals surface area contributed by atoms with E-state index in [1.54, 1.807) is 6.07 Å². The summed E-state index contributed by atoms with van der Waals surface area (Å²) in [5.41, 5.74) is 0.304. The standard InChI is InChI=1S/C22H18Cl2F2N2O2/c23-14-6-3-7-17(19(14)26)28-18(10-12-4-1-2-5-12)27-20(22(29)30)21(28)13-8-9-16(25)15(24)11-13/h3,6-9,11-12H,1-2,4-5,10H2,(H,29,30). The normalized spacial score (nSPS) is 14.4. The van der Waals surface area contributed by atoms with E-state index >= 15 is 4.39 Å². The number of nitrogens with zero attached hydrogens (tertiary/aromatic N) is 2. The van der Waals surface area contributed by atoms with Gasteiger partial charge in [-0.2, -0.15) is 0 Å². The van der Waals surface area contributed by atoms with Gasteiger partial charge in [-0.05, 0) is 36.2 Å². The van der Waals surface area contributed by atoms with Crippen LogP contribution in [0.5, 0.6) is 0 Å². The highest BCUT2D eigenvalue weighted by Gasteiger charge is 2.28. The molecule has 156 valence electrons. The number of halogens is 4. The summed E-state index contributed by atoms with van der Waals surface area (Å²) in [5.74, 6) is -1.82. The van der Waals surface area contributed by atoms with Gasteiger partial charge in [-0.1, -0.05) is 55.0 Å². The molecule has 8 heteroatoms. The SMILES string of the molecule is O=C(O)c1nc(CC2CCCC2)n(-c2cccc(Cl)c2F)c1-c1ccc(F)c(Cl)c1. The lowest BCUT2D eigenvalue weighted by Crippen LogP contribution is -2.10. The second kappa shape index (κ2) is 8.36. The van der Waals surface area contributed by atoms with E-state index in [0.29, 0.717) is 23.7 Å². The lowest BCUT2D eigenvalue weighted by Gasteiger charge is -2.16. The lowest BCUT2D eigenvalue weighted by atomic mass is 10.0. The molecule has 1 saturated carbocycles. The number of carboxylic acids is 1. The Bertz CT molecular complexity index is 1120. The number of rotatable bonds is 5. The fourth-order valence-corrected chi connectivity index (χ4v) is 4.41. The molecule has 0 amide bonds. The molecule has 0 radical (unpaired) electrons. The Morgan fingerprint density at radius 3 is 2.53 bits per heavy atom. The number of hydrogen-bond acceptors (Lipinski definition) is 2. The van der Waals surface area contributed by atoms with Gasteiger partial charge in [-0.25, -0.2) is 18.6 Å². The summed E-state index contributed by atoms with van der Waals surface area (Å²) < 4.78 is 30.2. The van der Waals surface area contributed by atoms with Gasteiger partial charge in [0.1, 0.15) is 11.6 Å². The van der Waals surface area contributed by atoms with Crippen molar-refractivity contribution in [3.05, 3.63) is 69.6 Å². The lowest BCUT2D eigenvalue weighted by molar-refractivity contribution is 0.0691. The van der Waals surface area contributed by atoms with Crippen molar-refractivity contribution in [2.45, 2.75) is 32.1 Å². The summed E-state index contributed by atoms with van der Waals surface area (Å²) >= 11 is 12.0. The molecule has 30 heavy (non-hydrogen) atoms. The minimum absolute atomic E-state index is 0.0888. The number of imidazole rings is 1. The van der Waals surface area contributed by atoms with Crippen molar-refractivity contribution in [1.82, 2.24) is 9.55 Å². The van der Waals surface area contributed by atoms with Crippen molar-refractivity contribution < 1.29 is 18.7 Å². The zero-order valence-corrected chi connectivity index (χ0v) is 17.4. The fraction of sp³-hybridized carbons (Fsp3) is 0.273. The molecule has 0 spiro atoms. The van der Waals surface area contributed by atoms with Crippen LogP contribution in [-0.2, 0) is 6.42 Å². The van der Waals surface area contributed by atoms with Crippen molar-refractivity contribution in [3.8, 4) is 16.9 Å². The molecule has 0 aliphatic heterocycles. The zero-order chi connectivity index (χ0) is 21.4. The van der Waals surface area contributed by atoms with E-state index in [4.69, 9.17) is 23.2 Å². The Morgan fingerprint density at radius 1 is 1.13 bits per heavy atom. The third kappa shape index (κ3) is 3.82. The summed E-state index contributed by atoms with van der Waals surface area (Å²) in [6.07, 6.45) is 4.71. The number of aromatic nitrogens is 2. The fourth-order valence-electron chi connectivity index (χ4n) is 4.06. The highest BCUT2D eigenvalue weighted by molar-refractivity contribution is 6.31. The predicted octanol–water partition coefficient (Wildman–Crippen LogP) is 6.56. The minimum Gasteiger partial charge on any atom is -0.476 e. The van der Waals surface area contributed by atoms with Gasteiger partial charge in [0, 0.05) is 12.0 Å². The van der Waals surface area contributed by atoms with Gasteiger partial charge in [-0.3, -0.25) is 4.57 Å². The van der Waals surface area contributed by atoms with E-state index in [2.05, 4.69) is 4.98 Å². The van der Waals surface area contributed by atoms with Crippen LogP contribution in [0.1, 0.15) is 42.0 Å². The van der Waals surface area contributed by atoms with E-state index < -0.39 is 17.6 Å². The summed E-state index contributed by atoms with van der Waals surface area (Å²) in [4.78, 5) is 16.4. The quantitative estimate of drug-likeness (QED) is 0.478. The predicted molar refractivity (Wildman–Crippen MR) is 112 cm³/mol. The molecule has 1 aliphatic rings. The molecule has 3 aromatic rings. The highest BCUT2D eigenvalue weighted by Crippen LogP contribution is 2.36. The maximum absolute atomic E-state index is 15.0. The molecule has 1 fully saturated rings. The first kappa shape index (κ1) is 20.8. The molecular formula is C22H18Cl2F2N2O2. The largest absolute Gasteiger partial charge is 0.476 e. The van der Waals surface area contributed by atoms with Crippen molar-refractivity contribution in [2.24, 2.45) is 5.92 Å². The van der Waals surface area contributed by atoms with Crippen LogP contribution in [0.15, 0.2) is 36.4 Å². The molecule has 4 nitrogen and oxygen atoms in total. The molecular weight excluding hydrogens is 433 g/mol. The Labute approximate surface area is 182 Å². The van der Waals surface area contributed by atoms with Gasteiger partial charge in [0.05, 0.1) is 21.4 Å². The molecule has 1 aliphatic carbocycles. The van der Waals surface area contributed by atoms with Crippen LogP contribution in [0.2, 0.25) is 10.0 Å². The Hall–Kier alpha value is -2.44. The van der Waals surface area contributed by atoms with Crippen LogP contribution in [0, 0.1) is 17.6 Å². The number of benzene rings is 2. The average Bonchev–Trinajstić information content (AvgIpc) is 3.35. The number of carbonyl (C=O) groups is 1. The molecule has 0 unspecified atom stereocenters. The first-order valence-corrected chi connectivity index (χ1v) is 10.4. The first-order chi connectivity index (χ1) is 14.4. The monoisotopic (exact) mass is 450 g/mol. The van der Waals surface area contributed by atoms with Gasteiger partial charge < -0.3 is 5.11 Å². The van der Waals surface area contributed by atoms with E-state index in [1.807, 2.05) is 0 Å². The van der Waals surface area contributed by atoms with Gasteiger partial charge in [0.2, 0.25) is 0 Å². The van der Waals surface area contributed by atoms with E-state index in [9.17, 15) is 14.3 Å². The molecule has 0 atom stereocenters. The van der Waals surface area contributed by atoms with E-state index in [0.717, 1.165) is 31.7 Å². The molecule has 1 aromatic heterocycles. The van der Waals surface area contributed by atoms with Crippen LogP contribution in [0.25, 0.3) is 16.9 Å². The van der Waals surface area contributed by atoms with Crippen LogP contribution in [0.3, 0.4) is 0 Å². The van der Waals surface area contributed by atoms with E-state index in [-0.39, 0.29) is 27.1 Å². The van der Waals surface area contributed by atoms with Crippen LogP contribution in [-0.4, -0.2) is 20.6 Å². The molecule has 2 aromatic carbocycles. The van der Waals surface area contributed by atoms with Gasteiger partial charge in [0.15, 0.2) is 11.5 Å². The smallest absolute Gasteiger partial charge is 0.356 e. The third-order valence-corrected chi connectivity index (χ3v) is 6.04. The summed E-state index contributed by atoms with van der Waals surface area (Å²) in [7, 11) is 0. The van der Waals surface area contributed by atoms with Crippen molar-refractivity contribution in [2.75, 3.05) is 0 Å². The third-order valence-electron chi connectivity index (χ3n) is 5.46. The minimum atomic E-state index is -1.26. The zero-order valence-electron chi connectivity index (χ0n) is 15.8. The molecule has 0 bridgehead atoms. The Kier molecular flexibility index (Phi) is 5.80. The first-order valence-electron chi connectivity index (χ1n) is 9.61. The highest BCUT2D eigenvalue weighted by atomic mass is 35.5.